The van der Waals surface area contributed by atoms with E-state index in [2.05, 4.69) is 0 Å². The summed E-state index contributed by atoms with van der Waals surface area (Å²) in [5.74, 6) is -0.298. The molecular formula is C25H24N2O4S. The molecule has 1 unspecified atom stereocenters. The van der Waals surface area contributed by atoms with Gasteiger partial charge in [-0.15, -0.1) is 11.3 Å². The first kappa shape index (κ1) is 21.8. The number of carbonyl (C=O) groups is 3. The van der Waals surface area contributed by atoms with E-state index in [1.54, 1.807) is 36.4 Å². The molecular weight excluding hydrogens is 424 g/mol. The SMILES string of the molecule is CCOc1ccc(N2C(=O)CC(N(Cc3cccs3)C(=O)c3ccccc3C)C2=O)cc1. The molecule has 32 heavy (non-hydrogen) atoms. The predicted molar refractivity (Wildman–Crippen MR) is 124 cm³/mol. The Morgan fingerprint density at radius 1 is 1.09 bits per heavy atom. The van der Waals surface area contributed by atoms with Gasteiger partial charge in [-0.3, -0.25) is 14.4 Å². The summed E-state index contributed by atoms with van der Waals surface area (Å²) < 4.78 is 5.45. The Kier molecular flexibility index (Phi) is 6.37. The minimum Gasteiger partial charge on any atom is -0.494 e. The minimum absolute atomic E-state index is 0.0466. The molecule has 3 aromatic rings. The highest BCUT2D eigenvalue weighted by atomic mass is 32.1. The Bertz CT molecular complexity index is 1130. The maximum Gasteiger partial charge on any atom is 0.257 e. The third kappa shape index (κ3) is 4.29. The van der Waals surface area contributed by atoms with Crippen LogP contribution < -0.4 is 9.64 Å². The van der Waals surface area contributed by atoms with Crippen LogP contribution in [0.25, 0.3) is 0 Å². The van der Waals surface area contributed by atoms with E-state index in [-0.39, 0.29) is 24.8 Å². The van der Waals surface area contributed by atoms with Crippen LogP contribution in [0.1, 0.15) is 34.1 Å². The molecule has 2 heterocycles. The van der Waals surface area contributed by atoms with Gasteiger partial charge in [-0.05, 0) is 61.2 Å². The van der Waals surface area contributed by atoms with Crippen LogP contribution in [0, 0.1) is 6.92 Å². The van der Waals surface area contributed by atoms with Crippen LogP contribution in [0.3, 0.4) is 0 Å². The van der Waals surface area contributed by atoms with Crippen LogP contribution >= 0.6 is 11.3 Å². The van der Waals surface area contributed by atoms with Gasteiger partial charge in [0.2, 0.25) is 5.91 Å². The van der Waals surface area contributed by atoms with Gasteiger partial charge in [0.05, 0.1) is 25.3 Å². The summed E-state index contributed by atoms with van der Waals surface area (Å²) in [6, 6.07) is 17.1. The van der Waals surface area contributed by atoms with Crippen molar-refractivity contribution < 1.29 is 19.1 Å². The molecule has 1 fully saturated rings. The summed E-state index contributed by atoms with van der Waals surface area (Å²) in [4.78, 5) is 43.5. The van der Waals surface area contributed by atoms with E-state index in [0.717, 1.165) is 10.4 Å². The Labute approximate surface area is 191 Å². The summed E-state index contributed by atoms with van der Waals surface area (Å²) in [6.45, 7) is 4.55. The fourth-order valence-corrected chi connectivity index (χ4v) is 4.55. The largest absolute Gasteiger partial charge is 0.494 e. The standard InChI is InChI=1S/C25H24N2O4S/c1-3-31-19-12-10-18(11-13-19)27-23(28)15-22(25(27)30)26(16-20-8-6-14-32-20)24(29)21-9-5-4-7-17(21)2/h4-14,22H,3,15-16H2,1-2H3. The molecule has 1 aromatic heterocycles. The van der Waals surface area contributed by atoms with Gasteiger partial charge in [-0.1, -0.05) is 24.3 Å². The van der Waals surface area contributed by atoms with Crippen molar-refractivity contribution in [3.8, 4) is 5.75 Å². The Hall–Kier alpha value is -3.45. The summed E-state index contributed by atoms with van der Waals surface area (Å²) in [7, 11) is 0. The highest BCUT2D eigenvalue weighted by Crippen LogP contribution is 2.30. The van der Waals surface area contributed by atoms with Gasteiger partial charge in [0.15, 0.2) is 0 Å². The van der Waals surface area contributed by atoms with Gasteiger partial charge >= 0.3 is 0 Å². The fourth-order valence-electron chi connectivity index (χ4n) is 3.85. The van der Waals surface area contributed by atoms with E-state index in [9.17, 15) is 14.4 Å². The lowest BCUT2D eigenvalue weighted by molar-refractivity contribution is -0.122. The van der Waals surface area contributed by atoms with E-state index in [1.807, 2.05) is 43.5 Å². The van der Waals surface area contributed by atoms with Crippen LogP contribution in [0.4, 0.5) is 5.69 Å². The van der Waals surface area contributed by atoms with E-state index in [0.29, 0.717) is 23.6 Å². The number of hydrogen-bond donors (Lipinski definition) is 0. The number of rotatable bonds is 7. The van der Waals surface area contributed by atoms with Crippen molar-refractivity contribution in [1.29, 1.82) is 0 Å². The predicted octanol–water partition coefficient (Wildman–Crippen LogP) is 4.43. The summed E-state index contributed by atoms with van der Waals surface area (Å²) in [6.07, 6.45) is -0.0466. The number of nitrogens with zero attached hydrogens (tertiary/aromatic N) is 2. The van der Waals surface area contributed by atoms with Crippen molar-refractivity contribution in [2.24, 2.45) is 0 Å². The lowest BCUT2D eigenvalue weighted by Gasteiger charge is -2.28. The van der Waals surface area contributed by atoms with E-state index >= 15 is 0 Å². The molecule has 2 aromatic carbocycles. The highest BCUT2D eigenvalue weighted by Gasteiger charge is 2.44. The van der Waals surface area contributed by atoms with Gasteiger partial charge in [-0.2, -0.15) is 0 Å². The van der Waals surface area contributed by atoms with Crippen molar-refractivity contribution >= 4 is 34.7 Å². The molecule has 0 radical (unpaired) electrons. The summed E-state index contributed by atoms with van der Waals surface area (Å²) in [5.41, 5.74) is 1.84. The first-order valence-electron chi connectivity index (χ1n) is 10.5. The highest BCUT2D eigenvalue weighted by molar-refractivity contribution is 7.09. The number of benzene rings is 2. The number of carbonyl (C=O) groups excluding carboxylic acids is 3. The molecule has 4 rings (SSSR count). The molecule has 3 amide bonds. The maximum absolute atomic E-state index is 13.5. The molecule has 0 N–H and O–H groups in total. The molecule has 1 saturated heterocycles. The molecule has 6 nitrogen and oxygen atoms in total. The van der Waals surface area contributed by atoms with Gasteiger partial charge in [0.25, 0.3) is 11.8 Å². The van der Waals surface area contributed by atoms with E-state index < -0.39 is 11.9 Å². The first-order valence-corrected chi connectivity index (χ1v) is 11.4. The second kappa shape index (κ2) is 9.36. The zero-order chi connectivity index (χ0) is 22.7. The Balaban J connectivity index is 1.65. The summed E-state index contributed by atoms with van der Waals surface area (Å²) in [5, 5.41) is 1.93. The number of hydrogen-bond acceptors (Lipinski definition) is 5. The monoisotopic (exact) mass is 448 g/mol. The zero-order valence-electron chi connectivity index (χ0n) is 18.0. The van der Waals surface area contributed by atoms with Crippen LogP contribution in [-0.2, 0) is 16.1 Å². The lowest BCUT2D eigenvalue weighted by atomic mass is 10.1. The van der Waals surface area contributed by atoms with E-state index in [1.165, 1.54) is 21.1 Å². The van der Waals surface area contributed by atoms with Crippen molar-refractivity contribution in [3.63, 3.8) is 0 Å². The van der Waals surface area contributed by atoms with E-state index in [4.69, 9.17) is 4.74 Å². The van der Waals surface area contributed by atoms with Crippen LogP contribution in [0.2, 0.25) is 0 Å². The van der Waals surface area contributed by atoms with Crippen LogP contribution in [0.15, 0.2) is 66.0 Å². The number of imide groups is 1. The molecule has 1 aliphatic heterocycles. The molecule has 0 bridgehead atoms. The average molecular weight is 449 g/mol. The van der Waals surface area contributed by atoms with Crippen LogP contribution in [-0.4, -0.2) is 35.3 Å². The summed E-state index contributed by atoms with van der Waals surface area (Å²) >= 11 is 1.51. The van der Waals surface area contributed by atoms with Gasteiger partial charge in [-0.25, -0.2) is 4.90 Å². The number of aryl methyl sites for hydroxylation is 1. The second-order valence-electron chi connectivity index (χ2n) is 7.54. The fraction of sp³-hybridized carbons (Fsp3) is 0.240. The quantitative estimate of drug-likeness (QED) is 0.502. The molecule has 0 aliphatic carbocycles. The van der Waals surface area contributed by atoms with Crippen LogP contribution in [0.5, 0.6) is 5.75 Å². The van der Waals surface area contributed by atoms with Crippen molar-refractivity contribution in [2.75, 3.05) is 11.5 Å². The second-order valence-corrected chi connectivity index (χ2v) is 8.57. The minimum atomic E-state index is -0.858. The zero-order valence-corrected chi connectivity index (χ0v) is 18.8. The van der Waals surface area contributed by atoms with Gasteiger partial charge in [0, 0.05) is 10.4 Å². The van der Waals surface area contributed by atoms with Crippen molar-refractivity contribution in [1.82, 2.24) is 4.90 Å². The average Bonchev–Trinajstić information content (AvgIpc) is 3.40. The molecule has 164 valence electrons. The third-order valence-corrected chi connectivity index (χ3v) is 6.31. The number of anilines is 1. The Morgan fingerprint density at radius 2 is 1.84 bits per heavy atom. The van der Waals surface area contributed by atoms with Gasteiger partial charge in [0.1, 0.15) is 11.8 Å². The number of thiophene rings is 1. The molecule has 1 atom stereocenters. The normalized spacial score (nSPS) is 15.8. The van der Waals surface area contributed by atoms with Crippen molar-refractivity contribution in [2.45, 2.75) is 32.9 Å². The third-order valence-electron chi connectivity index (χ3n) is 5.45. The topological polar surface area (TPSA) is 66.9 Å². The number of ether oxygens (including phenoxy) is 1. The molecule has 0 saturated carbocycles. The molecule has 7 heteroatoms. The Morgan fingerprint density at radius 3 is 2.50 bits per heavy atom. The van der Waals surface area contributed by atoms with Crippen molar-refractivity contribution in [3.05, 3.63) is 82.0 Å². The maximum atomic E-state index is 13.5. The van der Waals surface area contributed by atoms with Gasteiger partial charge < -0.3 is 9.64 Å². The molecule has 0 spiro atoms. The number of amides is 3. The lowest BCUT2D eigenvalue weighted by Crippen LogP contribution is -2.45. The smallest absolute Gasteiger partial charge is 0.257 e. The first-order chi connectivity index (χ1) is 15.5. The molecule has 1 aliphatic rings.